The molecule has 0 spiro atoms. The third kappa shape index (κ3) is 2.94. The number of ether oxygens (including phenoxy) is 2. The van der Waals surface area contributed by atoms with Crippen LogP contribution >= 0.6 is 0 Å². The molecule has 1 saturated heterocycles. The van der Waals surface area contributed by atoms with Crippen molar-refractivity contribution in [3.63, 3.8) is 0 Å². The van der Waals surface area contributed by atoms with E-state index < -0.39 is 0 Å². The van der Waals surface area contributed by atoms with E-state index >= 15 is 0 Å². The first-order valence-electron chi connectivity index (χ1n) is 8.66. The highest BCUT2D eigenvalue weighted by molar-refractivity contribution is 5.99. The average molecular weight is 329 g/mol. The topological polar surface area (TPSA) is 51.9 Å². The molecule has 1 saturated carbocycles. The first-order valence-corrected chi connectivity index (χ1v) is 8.66. The van der Waals surface area contributed by atoms with Gasteiger partial charge in [-0.25, -0.2) is 0 Å². The third-order valence-electron chi connectivity index (χ3n) is 4.97. The van der Waals surface area contributed by atoms with Crippen LogP contribution in [0.15, 0.2) is 28.7 Å². The number of carbonyl (C=O) groups excluding carboxylic acids is 1. The number of hydrogen-bond acceptors (Lipinski definition) is 4. The minimum Gasteiger partial charge on any atom is -0.451 e. The van der Waals surface area contributed by atoms with E-state index in [-0.39, 0.29) is 11.9 Å². The molecule has 2 aromatic rings. The molecule has 24 heavy (non-hydrogen) atoms. The van der Waals surface area contributed by atoms with E-state index in [0.717, 1.165) is 28.9 Å². The van der Waals surface area contributed by atoms with Crippen LogP contribution in [0.2, 0.25) is 0 Å². The van der Waals surface area contributed by atoms with E-state index in [1.807, 2.05) is 29.2 Å². The number of hydrogen-bond donors (Lipinski definition) is 0. The highest BCUT2D eigenvalue weighted by Crippen LogP contribution is 2.36. The highest BCUT2D eigenvalue weighted by atomic mass is 16.5. The van der Waals surface area contributed by atoms with Gasteiger partial charge in [-0.1, -0.05) is 31.0 Å². The smallest absolute Gasteiger partial charge is 0.290 e. The SMILES string of the molecule is COCc1c(C(=O)N2CCOCC2CC2CC2)oc2ccccc12. The normalized spacial score (nSPS) is 21.4. The van der Waals surface area contributed by atoms with Crippen molar-refractivity contribution < 1.29 is 18.7 Å². The molecule has 0 radical (unpaired) electrons. The number of morpholine rings is 1. The average Bonchev–Trinajstić information content (AvgIpc) is 3.35. The number of rotatable bonds is 5. The monoisotopic (exact) mass is 329 g/mol. The van der Waals surface area contributed by atoms with Crippen LogP contribution in [0, 0.1) is 5.92 Å². The van der Waals surface area contributed by atoms with E-state index in [0.29, 0.717) is 32.1 Å². The van der Waals surface area contributed by atoms with Gasteiger partial charge in [0.1, 0.15) is 5.58 Å². The zero-order valence-corrected chi connectivity index (χ0v) is 14.0. The van der Waals surface area contributed by atoms with Gasteiger partial charge in [-0.2, -0.15) is 0 Å². The summed E-state index contributed by atoms with van der Waals surface area (Å²) in [6, 6.07) is 7.90. The highest BCUT2D eigenvalue weighted by Gasteiger charge is 2.35. The lowest BCUT2D eigenvalue weighted by molar-refractivity contribution is -0.00729. The predicted octanol–water partition coefficient (Wildman–Crippen LogP) is 3.22. The fourth-order valence-electron chi connectivity index (χ4n) is 3.55. The maximum Gasteiger partial charge on any atom is 0.290 e. The minimum atomic E-state index is -0.0350. The van der Waals surface area contributed by atoms with Crippen LogP contribution < -0.4 is 0 Å². The van der Waals surface area contributed by atoms with Gasteiger partial charge >= 0.3 is 0 Å². The first kappa shape index (κ1) is 15.7. The summed E-state index contributed by atoms with van der Waals surface area (Å²) in [5, 5.41) is 0.953. The van der Waals surface area contributed by atoms with Crippen LogP contribution in [0.1, 0.15) is 35.4 Å². The Hall–Kier alpha value is -1.85. The van der Waals surface area contributed by atoms with Crippen LogP contribution in [0.5, 0.6) is 0 Å². The van der Waals surface area contributed by atoms with Crippen molar-refractivity contribution in [2.45, 2.75) is 31.9 Å². The first-order chi connectivity index (χ1) is 11.8. The molecule has 1 aliphatic carbocycles. The zero-order valence-electron chi connectivity index (χ0n) is 14.0. The number of fused-ring (bicyclic) bond motifs is 1. The lowest BCUT2D eigenvalue weighted by Crippen LogP contribution is -2.49. The van der Waals surface area contributed by atoms with Crippen molar-refractivity contribution >= 4 is 16.9 Å². The molecule has 128 valence electrons. The molecular formula is C19H23NO4. The molecule has 1 unspecified atom stereocenters. The second-order valence-electron chi connectivity index (χ2n) is 6.75. The summed E-state index contributed by atoms with van der Waals surface area (Å²) in [4.78, 5) is 15.1. The molecule has 0 N–H and O–H groups in total. The van der Waals surface area contributed by atoms with Crippen molar-refractivity contribution in [2.24, 2.45) is 5.92 Å². The molecule has 2 heterocycles. The summed E-state index contributed by atoms with van der Waals surface area (Å²) < 4.78 is 16.9. The Morgan fingerprint density at radius 3 is 2.96 bits per heavy atom. The molecule has 4 rings (SSSR count). The molecule has 5 nitrogen and oxygen atoms in total. The van der Waals surface area contributed by atoms with Gasteiger partial charge in [0.25, 0.3) is 5.91 Å². The van der Waals surface area contributed by atoms with E-state index in [4.69, 9.17) is 13.9 Å². The second kappa shape index (κ2) is 6.57. The maximum absolute atomic E-state index is 13.2. The number of nitrogens with zero attached hydrogens (tertiary/aromatic N) is 1. The number of amides is 1. The van der Waals surface area contributed by atoms with E-state index in [2.05, 4.69) is 0 Å². The number of benzene rings is 1. The van der Waals surface area contributed by atoms with E-state index in [9.17, 15) is 4.79 Å². The Kier molecular flexibility index (Phi) is 4.29. The Bertz CT molecular complexity index is 734. The molecule has 1 aliphatic heterocycles. The molecule has 2 aliphatic rings. The number of methoxy groups -OCH3 is 1. The number of carbonyl (C=O) groups is 1. The summed E-state index contributed by atoms with van der Waals surface area (Å²) in [6.07, 6.45) is 3.59. The summed E-state index contributed by atoms with van der Waals surface area (Å²) in [5.41, 5.74) is 1.58. The Balaban J connectivity index is 1.66. The predicted molar refractivity (Wildman–Crippen MR) is 89.9 cm³/mol. The second-order valence-corrected chi connectivity index (χ2v) is 6.75. The van der Waals surface area contributed by atoms with Crippen LogP contribution in [-0.4, -0.2) is 43.7 Å². The van der Waals surface area contributed by atoms with Gasteiger partial charge in [-0.3, -0.25) is 4.79 Å². The Labute approximate surface area is 141 Å². The molecular weight excluding hydrogens is 306 g/mol. The maximum atomic E-state index is 13.2. The van der Waals surface area contributed by atoms with Gasteiger partial charge in [0.2, 0.25) is 0 Å². The molecule has 5 heteroatoms. The summed E-state index contributed by atoms with van der Waals surface area (Å²) in [6.45, 7) is 2.21. The quantitative estimate of drug-likeness (QED) is 0.845. The molecule has 1 amide bonds. The van der Waals surface area contributed by atoms with Crippen molar-refractivity contribution in [3.05, 3.63) is 35.6 Å². The van der Waals surface area contributed by atoms with Crippen LogP contribution in [0.25, 0.3) is 11.0 Å². The molecule has 0 bridgehead atoms. The fourth-order valence-corrected chi connectivity index (χ4v) is 3.55. The standard InChI is InChI=1S/C19H23NO4/c1-22-12-16-15-4-2-3-5-17(15)24-18(16)19(21)20-8-9-23-11-14(20)10-13-6-7-13/h2-5,13-14H,6-12H2,1H3. The largest absolute Gasteiger partial charge is 0.451 e. The van der Waals surface area contributed by atoms with Crippen molar-refractivity contribution in [3.8, 4) is 0 Å². The van der Waals surface area contributed by atoms with Crippen molar-refractivity contribution in [1.29, 1.82) is 0 Å². The molecule has 2 fully saturated rings. The Morgan fingerprint density at radius 1 is 1.33 bits per heavy atom. The van der Waals surface area contributed by atoms with Gasteiger partial charge in [-0.15, -0.1) is 0 Å². The van der Waals surface area contributed by atoms with E-state index in [1.165, 1.54) is 12.8 Å². The van der Waals surface area contributed by atoms with E-state index in [1.54, 1.807) is 7.11 Å². The number of furan rings is 1. The van der Waals surface area contributed by atoms with Crippen LogP contribution in [-0.2, 0) is 16.1 Å². The molecule has 1 atom stereocenters. The lowest BCUT2D eigenvalue weighted by Gasteiger charge is -2.35. The van der Waals surface area contributed by atoms with Gasteiger partial charge < -0.3 is 18.8 Å². The molecule has 1 aromatic carbocycles. The lowest BCUT2D eigenvalue weighted by atomic mass is 10.1. The van der Waals surface area contributed by atoms with Gasteiger partial charge in [0, 0.05) is 24.6 Å². The fraction of sp³-hybridized carbons (Fsp3) is 0.526. The summed E-state index contributed by atoms with van der Waals surface area (Å²) in [7, 11) is 1.64. The third-order valence-corrected chi connectivity index (χ3v) is 4.97. The summed E-state index contributed by atoms with van der Waals surface area (Å²) in [5.74, 6) is 1.13. The van der Waals surface area contributed by atoms with Crippen LogP contribution in [0.4, 0.5) is 0 Å². The van der Waals surface area contributed by atoms with Crippen molar-refractivity contribution in [1.82, 2.24) is 4.90 Å². The summed E-state index contributed by atoms with van der Waals surface area (Å²) >= 11 is 0. The van der Waals surface area contributed by atoms with Gasteiger partial charge in [0.05, 0.1) is 25.9 Å². The van der Waals surface area contributed by atoms with Crippen LogP contribution in [0.3, 0.4) is 0 Å². The molecule has 1 aromatic heterocycles. The van der Waals surface area contributed by atoms with Crippen molar-refractivity contribution in [2.75, 3.05) is 26.9 Å². The minimum absolute atomic E-state index is 0.0350. The zero-order chi connectivity index (χ0) is 16.5. The Morgan fingerprint density at radius 2 is 2.17 bits per heavy atom. The number of para-hydroxylation sites is 1. The van der Waals surface area contributed by atoms with Gasteiger partial charge in [0.15, 0.2) is 5.76 Å². The van der Waals surface area contributed by atoms with Gasteiger partial charge in [-0.05, 0) is 18.4 Å².